The molecule has 3 rings (SSSR count). The Morgan fingerprint density at radius 3 is 2.54 bits per heavy atom. The van der Waals surface area contributed by atoms with Gasteiger partial charge in [-0.25, -0.2) is 9.97 Å². The van der Waals surface area contributed by atoms with E-state index >= 15 is 0 Å². The molecule has 3 aromatic rings. The van der Waals surface area contributed by atoms with E-state index in [0.29, 0.717) is 0 Å². The number of nitrogens with zero attached hydrogens (tertiary/aromatic N) is 5. The number of fused-ring (bicyclic) bond motifs is 1. The number of anilines is 2. The average Bonchev–Trinajstić information content (AvgIpc) is 3.14. The maximum absolute atomic E-state index is 11.9. The minimum absolute atomic E-state index is 0.0981. The van der Waals surface area contributed by atoms with Crippen LogP contribution in [0.5, 0.6) is 0 Å². The van der Waals surface area contributed by atoms with Crippen LogP contribution in [-0.4, -0.2) is 46.9 Å². The van der Waals surface area contributed by atoms with Crippen molar-refractivity contribution in [3.05, 3.63) is 54.0 Å². The number of aromatic nitrogens is 3. The summed E-state index contributed by atoms with van der Waals surface area (Å²) in [4.78, 5) is 26.9. The number of amides is 1. The number of aromatic amines is 1. The molecule has 130 valence electrons. The third kappa shape index (κ3) is 3.26. The van der Waals surface area contributed by atoms with Gasteiger partial charge in [0.25, 0.3) is 5.91 Å². The number of carbonyl (C=O) groups is 1. The molecule has 7 heteroatoms. The van der Waals surface area contributed by atoms with Crippen LogP contribution in [0.4, 0.5) is 11.5 Å². The van der Waals surface area contributed by atoms with Crippen LogP contribution in [0.2, 0.25) is 0 Å². The molecule has 1 aromatic carbocycles. The summed E-state index contributed by atoms with van der Waals surface area (Å²) in [6.45, 7) is 0. The number of likely N-dealkylation sites (N-methyl/N-ethyl adjacent to an activating group) is 1. The van der Waals surface area contributed by atoms with Crippen LogP contribution in [0.1, 0.15) is 5.56 Å². The highest BCUT2D eigenvalue weighted by atomic mass is 16.2. The molecular weight excluding hydrogens is 328 g/mol. The second-order valence-corrected chi connectivity index (χ2v) is 5.96. The number of rotatable bonds is 4. The first-order valence-corrected chi connectivity index (χ1v) is 7.96. The molecule has 0 saturated heterocycles. The van der Waals surface area contributed by atoms with Gasteiger partial charge >= 0.3 is 0 Å². The normalized spacial score (nSPS) is 11.2. The van der Waals surface area contributed by atoms with Crippen molar-refractivity contribution in [1.82, 2.24) is 19.9 Å². The maximum Gasteiger partial charge on any atom is 0.264 e. The lowest BCUT2D eigenvalue weighted by molar-refractivity contribution is -0.124. The summed E-state index contributed by atoms with van der Waals surface area (Å²) in [6.07, 6.45) is 4.94. The number of hydrogen-bond acceptors (Lipinski definition) is 5. The first-order valence-electron chi connectivity index (χ1n) is 7.96. The summed E-state index contributed by atoms with van der Waals surface area (Å²) in [7, 11) is 5.17. The van der Waals surface area contributed by atoms with Gasteiger partial charge in [0.2, 0.25) is 0 Å². The van der Waals surface area contributed by atoms with Crippen LogP contribution in [-0.2, 0) is 4.79 Å². The molecule has 1 N–H and O–H groups in total. The summed E-state index contributed by atoms with van der Waals surface area (Å²) >= 11 is 0. The lowest BCUT2D eigenvalue weighted by Gasteiger charge is -2.19. The highest BCUT2D eigenvalue weighted by Gasteiger charge is 2.13. The SMILES string of the molecule is CN(C)C(=O)C(C#N)=Cc1ccc(N(C)c2ncnc3[nH]ccc23)cc1. The topological polar surface area (TPSA) is 88.9 Å². The van der Waals surface area contributed by atoms with E-state index in [2.05, 4.69) is 15.0 Å². The van der Waals surface area contributed by atoms with Gasteiger partial charge in [-0.05, 0) is 29.8 Å². The van der Waals surface area contributed by atoms with Gasteiger partial charge in [0.05, 0.1) is 5.39 Å². The Balaban J connectivity index is 1.89. The molecule has 0 radical (unpaired) electrons. The zero-order chi connectivity index (χ0) is 18.7. The Kier molecular flexibility index (Phi) is 4.67. The van der Waals surface area contributed by atoms with Crippen LogP contribution in [0.25, 0.3) is 17.1 Å². The van der Waals surface area contributed by atoms with Gasteiger partial charge in [-0.15, -0.1) is 0 Å². The van der Waals surface area contributed by atoms with Crippen LogP contribution in [0.3, 0.4) is 0 Å². The standard InChI is InChI=1S/C19H18N6O/c1-24(2)19(26)14(11-20)10-13-4-6-15(7-5-13)25(3)18-16-8-9-21-17(16)22-12-23-18/h4-10,12H,1-3H3,(H,21,22,23). The summed E-state index contributed by atoms with van der Waals surface area (Å²) in [5.74, 6) is 0.476. The predicted octanol–water partition coefficient (Wildman–Crippen LogP) is 2.72. The molecule has 0 fully saturated rings. The van der Waals surface area contributed by atoms with Crippen molar-refractivity contribution in [2.24, 2.45) is 0 Å². The van der Waals surface area contributed by atoms with Gasteiger partial charge < -0.3 is 14.8 Å². The monoisotopic (exact) mass is 346 g/mol. The van der Waals surface area contributed by atoms with E-state index in [-0.39, 0.29) is 11.5 Å². The molecule has 2 aromatic heterocycles. The average molecular weight is 346 g/mol. The fraction of sp³-hybridized carbons (Fsp3) is 0.158. The van der Waals surface area contributed by atoms with Crippen molar-refractivity contribution in [2.75, 3.05) is 26.0 Å². The highest BCUT2D eigenvalue weighted by molar-refractivity contribution is 6.01. The van der Waals surface area contributed by atoms with Gasteiger partial charge in [0.15, 0.2) is 0 Å². The first kappa shape index (κ1) is 17.2. The Hall–Kier alpha value is -3.66. The molecule has 0 aliphatic carbocycles. The summed E-state index contributed by atoms with van der Waals surface area (Å²) in [6, 6.07) is 11.4. The number of hydrogen-bond donors (Lipinski definition) is 1. The second kappa shape index (κ2) is 7.07. The van der Waals surface area contributed by atoms with E-state index in [1.54, 1.807) is 20.2 Å². The molecule has 2 heterocycles. The number of nitriles is 1. The zero-order valence-corrected chi connectivity index (χ0v) is 14.8. The maximum atomic E-state index is 11.9. The third-order valence-corrected chi connectivity index (χ3v) is 4.00. The first-order chi connectivity index (χ1) is 12.5. The Morgan fingerprint density at radius 2 is 1.88 bits per heavy atom. The molecule has 0 saturated carbocycles. The van der Waals surface area contributed by atoms with E-state index in [1.165, 1.54) is 11.2 Å². The molecule has 0 aliphatic heterocycles. The van der Waals surface area contributed by atoms with E-state index in [9.17, 15) is 10.1 Å². The van der Waals surface area contributed by atoms with E-state index in [4.69, 9.17) is 0 Å². The van der Waals surface area contributed by atoms with Crippen molar-refractivity contribution in [2.45, 2.75) is 0 Å². The minimum atomic E-state index is -0.315. The number of benzene rings is 1. The number of carbonyl (C=O) groups excluding carboxylic acids is 1. The molecule has 0 spiro atoms. The highest BCUT2D eigenvalue weighted by Crippen LogP contribution is 2.27. The molecule has 1 amide bonds. The van der Waals surface area contributed by atoms with Crippen LogP contribution in [0, 0.1) is 11.3 Å². The Bertz CT molecular complexity index is 1010. The van der Waals surface area contributed by atoms with Crippen molar-refractivity contribution in [1.29, 1.82) is 5.26 Å². The van der Waals surface area contributed by atoms with Crippen molar-refractivity contribution < 1.29 is 4.79 Å². The van der Waals surface area contributed by atoms with Gasteiger partial charge in [-0.1, -0.05) is 12.1 Å². The van der Waals surface area contributed by atoms with Gasteiger partial charge in [0, 0.05) is 33.0 Å². The van der Waals surface area contributed by atoms with Crippen molar-refractivity contribution >= 4 is 34.5 Å². The van der Waals surface area contributed by atoms with Gasteiger partial charge in [-0.2, -0.15) is 5.26 Å². The van der Waals surface area contributed by atoms with Crippen LogP contribution in [0.15, 0.2) is 48.4 Å². The van der Waals surface area contributed by atoms with E-state index < -0.39 is 0 Å². The smallest absolute Gasteiger partial charge is 0.264 e. The Labute approximate surface area is 151 Å². The molecular formula is C19H18N6O. The number of H-pyrrole nitrogens is 1. The summed E-state index contributed by atoms with van der Waals surface area (Å²) in [5.41, 5.74) is 2.59. The van der Waals surface area contributed by atoms with E-state index in [1.807, 2.05) is 54.5 Å². The molecule has 7 nitrogen and oxygen atoms in total. The lowest BCUT2D eigenvalue weighted by Crippen LogP contribution is -2.22. The van der Waals surface area contributed by atoms with Crippen LogP contribution >= 0.6 is 0 Å². The Morgan fingerprint density at radius 1 is 1.15 bits per heavy atom. The molecule has 0 unspecified atom stereocenters. The molecule has 0 atom stereocenters. The summed E-state index contributed by atoms with van der Waals surface area (Å²) in [5, 5.41) is 10.1. The van der Waals surface area contributed by atoms with Crippen molar-refractivity contribution in [3.63, 3.8) is 0 Å². The third-order valence-electron chi connectivity index (χ3n) is 4.00. The van der Waals surface area contributed by atoms with Crippen molar-refractivity contribution in [3.8, 4) is 6.07 Å². The lowest BCUT2D eigenvalue weighted by atomic mass is 10.1. The fourth-order valence-corrected chi connectivity index (χ4v) is 2.59. The molecule has 0 bridgehead atoms. The minimum Gasteiger partial charge on any atom is -0.346 e. The number of nitrogens with one attached hydrogen (secondary N) is 1. The van der Waals surface area contributed by atoms with Crippen LogP contribution < -0.4 is 4.90 Å². The molecule has 0 aliphatic rings. The second-order valence-electron chi connectivity index (χ2n) is 5.96. The van der Waals surface area contributed by atoms with E-state index in [0.717, 1.165) is 28.1 Å². The van der Waals surface area contributed by atoms with Gasteiger partial charge in [-0.3, -0.25) is 4.79 Å². The predicted molar refractivity (Wildman–Crippen MR) is 101 cm³/mol. The largest absolute Gasteiger partial charge is 0.346 e. The van der Waals surface area contributed by atoms with Gasteiger partial charge in [0.1, 0.15) is 29.4 Å². The fourth-order valence-electron chi connectivity index (χ4n) is 2.59. The molecule has 26 heavy (non-hydrogen) atoms. The quantitative estimate of drug-likeness (QED) is 0.579. The zero-order valence-electron chi connectivity index (χ0n) is 14.8. The summed E-state index contributed by atoms with van der Waals surface area (Å²) < 4.78 is 0.